The van der Waals surface area contributed by atoms with Crippen LogP contribution in [-0.4, -0.2) is 45.3 Å². The zero-order valence-corrected chi connectivity index (χ0v) is 16.0. The van der Waals surface area contributed by atoms with E-state index >= 15 is 0 Å². The average Bonchev–Trinajstić information content (AvgIpc) is 3.42. The normalized spacial score (nSPS) is 19.2. The highest BCUT2D eigenvalue weighted by atomic mass is 16.5. The molecule has 1 aromatic carbocycles. The zero-order valence-electron chi connectivity index (χ0n) is 16.0. The van der Waals surface area contributed by atoms with E-state index in [0.29, 0.717) is 18.5 Å². The Hall–Kier alpha value is -3.06. The number of carbonyl (C=O) groups is 3. The standard InChI is InChI=1S/C22H23N3O4/c26-19(24-29)7-8-20(27)25-14-22(9-10-22)12-18(25)21(28)16-5-3-15(4-6-16)17-2-1-11-23-13-17/h1-6,11,13,18,29H,7-10,12,14H2,(H,24,26)/t18-/m0/s1. The summed E-state index contributed by atoms with van der Waals surface area (Å²) in [6, 6.07) is 10.7. The Labute approximate surface area is 168 Å². The molecular formula is C22H23N3O4. The van der Waals surface area contributed by atoms with E-state index in [4.69, 9.17) is 5.21 Å². The molecule has 1 aromatic heterocycles. The molecule has 7 nitrogen and oxygen atoms in total. The van der Waals surface area contributed by atoms with Crippen molar-refractivity contribution in [2.45, 2.75) is 38.1 Å². The van der Waals surface area contributed by atoms with Crippen LogP contribution in [0, 0.1) is 5.41 Å². The molecule has 29 heavy (non-hydrogen) atoms. The molecule has 1 saturated heterocycles. The number of rotatable bonds is 6. The van der Waals surface area contributed by atoms with Crippen LogP contribution < -0.4 is 5.48 Å². The number of carbonyl (C=O) groups excluding carboxylic acids is 3. The largest absolute Gasteiger partial charge is 0.332 e. The lowest BCUT2D eigenvalue weighted by atomic mass is 9.95. The second kappa shape index (κ2) is 7.75. The van der Waals surface area contributed by atoms with Gasteiger partial charge in [-0.1, -0.05) is 30.3 Å². The summed E-state index contributed by atoms with van der Waals surface area (Å²) < 4.78 is 0. The van der Waals surface area contributed by atoms with Crippen LogP contribution >= 0.6 is 0 Å². The molecule has 1 aliphatic carbocycles. The molecular weight excluding hydrogens is 370 g/mol. The first-order valence-corrected chi connectivity index (χ1v) is 9.78. The van der Waals surface area contributed by atoms with Crippen molar-refractivity contribution in [2.75, 3.05) is 6.54 Å². The molecule has 0 radical (unpaired) electrons. The molecule has 1 atom stereocenters. The van der Waals surface area contributed by atoms with E-state index in [-0.39, 0.29) is 29.9 Å². The molecule has 0 bridgehead atoms. The number of benzene rings is 1. The lowest BCUT2D eigenvalue weighted by Crippen LogP contribution is -2.41. The van der Waals surface area contributed by atoms with Crippen molar-refractivity contribution in [1.82, 2.24) is 15.4 Å². The molecule has 2 N–H and O–H groups in total. The minimum Gasteiger partial charge on any atom is -0.332 e. The highest BCUT2D eigenvalue weighted by Gasteiger charge is 2.54. The van der Waals surface area contributed by atoms with Crippen LogP contribution in [0.1, 0.15) is 42.5 Å². The van der Waals surface area contributed by atoms with Crippen LogP contribution in [-0.2, 0) is 9.59 Å². The fourth-order valence-corrected chi connectivity index (χ4v) is 4.06. The lowest BCUT2D eigenvalue weighted by Gasteiger charge is -2.23. The van der Waals surface area contributed by atoms with Gasteiger partial charge in [0, 0.05) is 37.3 Å². The van der Waals surface area contributed by atoms with E-state index in [9.17, 15) is 14.4 Å². The number of amides is 2. The number of hydrogen-bond donors (Lipinski definition) is 2. The van der Waals surface area contributed by atoms with Gasteiger partial charge in [-0.05, 0) is 41.9 Å². The number of hydroxylamine groups is 1. The number of likely N-dealkylation sites (tertiary alicyclic amines) is 1. The van der Waals surface area contributed by atoms with Gasteiger partial charge in [0.1, 0.15) is 0 Å². The van der Waals surface area contributed by atoms with Gasteiger partial charge in [0.25, 0.3) is 0 Å². The first-order chi connectivity index (χ1) is 14.0. The van der Waals surface area contributed by atoms with E-state index < -0.39 is 11.9 Å². The third-order valence-corrected chi connectivity index (χ3v) is 5.94. The Bertz CT molecular complexity index is 923. The maximum absolute atomic E-state index is 13.2. The summed E-state index contributed by atoms with van der Waals surface area (Å²) in [4.78, 5) is 42.9. The Kier molecular flexibility index (Phi) is 5.15. The predicted octanol–water partition coefficient (Wildman–Crippen LogP) is 2.60. The number of nitrogens with one attached hydrogen (secondary N) is 1. The smallest absolute Gasteiger partial charge is 0.243 e. The fraction of sp³-hybridized carbons (Fsp3) is 0.364. The molecule has 2 heterocycles. The van der Waals surface area contributed by atoms with Crippen LogP contribution in [0.3, 0.4) is 0 Å². The van der Waals surface area contributed by atoms with Crippen LogP contribution in [0.25, 0.3) is 11.1 Å². The van der Waals surface area contributed by atoms with Gasteiger partial charge in [0.15, 0.2) is 5.78 Å². The number of ketones is 1. The molecule has 1 saturated carbocycles. The van der Waals surface area contributed by atoms with Crippen molar-refractivity contribution in [3.63, 3.8) is 0 Å². The topological polar surface area (TPSA) is 99.6 Å². The molecule has 2 fully saturated rings. The molecule has 1 aliphatic heterocycles. The number of nitrogens with zero attached hydrogens (tertiary/aromatic N) is 2. The van der Waals surface area contributed by atoms with Crippen molar-refractivity contribution < 1.29 is 19.6 Å². The van der Waals surface area contributed by atoms with Crippen molar-refractivity contribution in [1.29, 1.82) is 0 Å². The van der Waals surface area contributed by atoms with Gasteiger partial charge in [0.05, 0.1) is 6.04 Å². The number of hydrogen-bond acceptors (Lipinski definition) is 5. The summed E-state index contributed by atoms with van der Waals surface area (Å²) in [6.45, 7) is 0.566. The van der Waals surface area contributed by atoms with Crippen LogP contribution in [0.2, 0.25) is 0 Å². The van der Waals surface area contributed by atoms with E-state index in [1.807, 2.05) is 24.3 Å². The lowest BCUT2D eigenvalue weighted by molar-refractivity contribution is -0.136. The van der Waals surface area contributed by atoms with E-state index in [2.05, 4.69) is 4.98 Å². The molecule has 0 unspecified atom stereocenters. The van der Waals surface area contributed by atoms with Gasteiger partial charge < -0.3 is 4.90 Å². The zero-order chi connectivity index (χ0) is 20.4. The molecule has 150 valence electrons. The maximum Gasteiger partial charge on any atom is 0.243 e. The quantitative estimate of drug-likeness (QED) is 0.446. The van der Waals surface area contributed by atoms with Gasteiger partial charge >= 0.3 is 0 Å². The third kappa shape index (κ3) is 4.05. The summed E-state index contributed by atoms with van der Waals surface area (Å²) in [7, 11) is 0. The third-order valence-electron chi connectivity index (χ3n) is 5.94. The van der Waals surface area contributed by atoms with Gasteiger partial charge in [-0.3, -0.25) is 24.6 Å². The first kappa shape index (κ1) is 19.3. The first-order valence-electron chi connectivity index (χ1n) is 9.78. The second-order valence-corrected chi connectivity index (χ2v) is 7.96. The second-order valence-electron chi connectivity index (χ2n) is 7.96. The number of aromatic nitrogens is 1. The van der Waals surface area contributed by atoms with E-state index in [0.717, 1.165) is 24.0 Å². The van der Waals surface area contributed by atoms with E-state index in [1.165, 1.54) is 5.48 Å². The van der Waals surface area contributed by atoms with Crippen molar-refractivity contribution in [3.8, 4) is 11.1 Å². The molecule has 2 amide bonds. The molecule has 7 heteroatoms. The van der Waals surface area contributed by atoms with Gasteiger partial charge in [0.2, 0.25) is 11.8 Å². The fourth-order valence-electron chi connectivity index (χ4n) is 4.06. The number of pyridine rings is 1. The highest BCUT2D eigenvalue weighted by molar-refractivity contribution is 6.02. The molecule has 4 rings (SSSR count). The summed E-state index contributed by atoms with van der Waals surface area (Å²) in [5.41, 5.74) is 4.12. The Balaban J connectivity index is 1.50. The summed E-state index contributed by atoms with van der Waals surface area (Å²) in [5, 5.41) is 8.62. The molecule has 2 aromatic rings. The highest BCUT2D eigenvalue weighted by Crippen LogP contribution is 2.55. The maximum atomic E-state index is 13.2. The van der Waals surface area contributed by atoms with Crippen LogP contribution in [0.4, 0.5) is 0 Å². The van der Waals surface area contributed by atoms with Crippen LogP contribution in [0.15, 0.2) is 48.8 Å². The Morgan fingerprint density at radius 2 is 1.86 bits per heavy atom. The number of Topliss-reactive ketones (excluding diaryl/α,β-unsaturated/α-hetero) is 1. The van der Waals surface area contributed by atoms with Gasteiger partial charge in [-0.2, -0.15) is 0 Å². The van der Waals surface area contributed by atoms with Gasteiger partial charge in [-0.15, -0.1) is 0 Å². The summed E-state index contributed by atoms with van der Waals surface area (Å²) in [5.74, 6) is -0.887. The Morgan fingerprint density at radius 3 is 2.48 bits per heavy atom. The summed E-state index contributed by atoms with van der Waals surface area (Å²) >= 11 is 0. The average molecular weight is 393 g/mol. The van der Waals surface area contributed by atoms with Crippen molar-refractivity contribution >= 4 is 17.6 Å². The van der Waals surface area contributed by atoms with Crippen molar-refractivity contribution in [3.05, 3.63) is 54.4 Å². The van der Waals surface area contributed by atoms with Crippen molar-refractivity contribution in [2.24, 2.45) is 5.41 Å². The predicted molar refractivity (Wildman–Crippen MR) is 105 cm³/mol. The minimum atomic E-state index is -0.604. The molecule has 1 spiro atoms. The molecule has 2 aliphatic rings. The van der Waals surface area contributed by atoms with E-state index in [1.54, 1.807) is 29.4 Å². The monoisotopic (exact) mass is 393 g/mol. The minimum absolute atomic E-state index is 0.0216. The van der Waals surface area contributed by atoms with Gasteiger partial charge in [-0.25, -0.2) is 5.48 Å². The SMILES string of the molecule is O=C(CCC(=O)N1CC2(CC2)C[C@H]1C(=O)c1ccc(-c2cccnc2)cc1)NO. The van der Waals surface area contributed by atoms with Crippen LogP contribution in [0.5, 0.6) is 0 Å². The Morgan fingerprint density at radius 1 is 1.10 bits per heavy atom. The summed E-state index contributed by atoms with van der Waals surface area (Å²) in [6.07, 6.45) is 6.09.